The summed E-state index contributed by atoms with van der Waals surface area (Å²) in [5, 5.41) is 0. The molecule has 1 atom stereocenters. The summed E-state index contributed by atoms with van der Waals surface area (Å²) in [5.41, 5.74) is 1.93. The molecular weight excluding hydrogens is 226 g/mol. The van der Waals surface area contributed by atoms with Gasteiger partial charge in [0.05, 0.1) is 11.6 Å². The van der Waals surface area contributed by atoms with E-state index in [2.05, 4.69) is 5.43 Å². The highest BCUT2D eigenvalue weighted by Gasteiger charge is 2.30. The van der Waals surface area contributed by atoms with Crippen molar-refractivity contribution in [2.24, 2.45) is 5.84 Å². The fraction of sp³-hybridized carbons (Fsp3) is 0.500. The molecule has 0 aliphatic heterocycles. The van der Waals surface area contributed by atoms with Crippen LogP contribution in [0.1, 0.15) is 19.4 Å². The highest BCUT2D eigenvalue weighted by atomic mass is 19.1. The molecule has 0 spiro atoms. The molecular formula is C12H18F2N2O. The monoisotopic (exact) mass is 244 g/mol. The van der Waals surface area contributed by atoms with Crippen molar-refractivity contribution in [3.05, 3.63) is 35.4 Å². The Labute approximate surface area is 99.9 Å². The third-order valence-corrected chi connectivity index (χ3v) is 3.04. The van der Waals surface area contributed by atoms with Gasteiger partial charge >= 0.3 is 0 Å². The van der Waals surface area contributed by atoms with Gasteiger partial charge in [0.15, 0.2) is 0 Å². The molecule has 0 aliphatic carbocycles. The molecule has 0 saturated carbocycles. The Morgan fingerprint density at radius 3 is 2.29 bits per heavy atom. The summed E-state index contributed by atoms with van der Waals surface area (Å²) in [6, 6.07) is 3.40. The second-order valence-corrected chi connectivity index (χ2v) is 4.43. The van der Waals surface area contributed by atoms with Crippen LogP contribution in [0.25, 0.3) is 0 Å². The Kier molecular flexibility index (Phi) is 4.56. The summed E-state index contributed by atoms with van der Waals surface area (Å²) in [4.78, 5) is 0. The number of hydrogen-bond acceptors (Lipinski definition) is 3. The number of hydrazine groups is 1. The van der Waals surface area contributed by atoms with E-state index >= 15 is 0 Å². The fourth-order valence-electron chi connectivity index (χ4n) is 1.58. The number of ether oxygens (including phenoxy) is 1. The lowest BCUT2D eigenvalue weighted by Crippen LogP contribution is -2.52. The summed E-state index contributed by atoms with van der Waals surface area (Å²) < 4.78 is 32.2. The minimum atomic E-state index is -0.622. The number of rotatable bonds is 5. The smallest absolute Gasteiger partial charge is 0.129 e. The number of halogens is 2. The van der Waals surface area contributed by atoms with Crippen LogP contribution in [0.5, 0.6) is 0 Å². The Morgan fingerprint density at radius 1 is 1.35 bits per heavy atom. The predicted octanol–water partition coefficient (Wildman–Crippen LogP) is 1.76. The maximum Gasteiger partial charge on any atom is 0.129 e. The Balaban J connectivity index is 2.96. The van der Waals surface area contributed by atoms with Crippen molar-refractivity contribution in [2.75, 3.05) is 7.11 Å². The van der Waals surface area contributed by atoms with Crippen molar-refractivity contribution in [1.82, 2.24) is 5.43 Å². The van der Waals surface area contributed by atoms with E-state index in [1.54, 1.807) is 13.8 Å². The molecule has 0 radical (unpaired) electrons. The maximum atomic E-state index is 13.5. The molecule has 1 unspecified atom stereocenters. The van der Waals surface area contributed by atoms with Crippen LogP contribution in [0.4, 0.5) is 8.78 Å². The number of methoxy groups -OCH3 is 1. The summed E-state index contributed by atoms with van der Waals surface area (Å²) in [6.45, 7) is 3.60. The van der Waals surface area contributed by atoms with Crippen LogP contribution in [0.3, 0.4) is 0 Å². The van der Waals surface area contributed by atoms with Crippen molar-refractivity contribution < 1.29 is 13.5 Å². The Morgan fingerprint density at radius 2 is 1.88 bits per heavy atom. The molecule has 0 aliphatic rings. The number of nitrogens with two attached hydrogens (primary N) is 1. The molecule has 3 nitrogen and oxygen atoms in total. The minimum Gasteiger partial charge on any atom is -0.377 e. The molecule has 1 aromatic rings. The van der Waals surface area contributed by atoms with Gasteiger partial charge < -0.3 is 4.74 Å². The van der Waals surface area contributed by atoms with E-state index in [0.29, 0.717) is 0 Å². The lowest BCUT2D eigenvalue weighted by atomic mass is 9.92. The predicted molar refractivity (Wildman–Crippen MR) is 62.3 cm³/mol. The topological polar surface area (TPSA) is 47.3 Å². The van der Waals surface area contributed by atoms with E-state index in [0.717, 1.165) is 0 Å². The van der Waals surface area contributed by atoms with Crippen LogP contribution in [-0.2, 0) is 11.2 Å². The molecule has 0 aromatic heterocycles. The average molecular weight is 244 g/mol. The van der Waals surface area contributed by atoms with Gasteiger partial charge in [0.25, 0.3) is 0 Å². The lowest BCUT2D eigenvalue weighted by Gasteiger charge is -2.32. The van der Waals surface area contributed by atoms with Crippen LogP contribution in [0.15, 0.2) is 18.2 Å². The maximum absolute atomic E-state index is 13.5. The van der Waals surface area contributed by atoms with Crippen molar-refractivity contribution in [3.63, 3.8) is 0 Å². The molecule has 0 fully saturated rings. The van der Waals surface area contributed by atoms with Crippen molar-refractivity contribution in [2.45, 2.75) is 31.9 Å². The summed E-state index contributed by atoms with van der Waals surface area (Å²) in [5.74, 6) is 4.26. The van der Waals surface area contributed by atoms with Crippen LogP contribution >= 0.6 is 0 Å². The molecule has 3 N–H and O–H groups in total. The molecule has 0 heterocycles. The van der Waals surface area contributed by atoms with E-state index in [1.165, 1.54) is 25.3 Å². The highest BCUT2D eigenvalue weighted by Crippen LogP contribution is 2.21. The molecule has 0 saturated heterocycles. The normalized spacial score (nSPS) is 13.8. The molecule has 17 heavy (non-hydrogen) atoms. The van der Waals surface area contributed by atoms with Gasteiger partial charge in [-0.1, -0.05) is 6.07 Å². The third kappa shape index (κ3) is 3.21. The van der Waals surface area contributed by atoms with Gasteiger partial charge in [-0.2, -0.15) is 0 Å². The van der Waals surface area contributed by atoms with E-state index in [1.807, 2.05) is 0 Å². The van der Waals surface area contributed by atoms with Crippen LogP contribution in [0, 0.1) is 11.6 Å². The van der Waals surface area contributed by atoms with Gasteiger partial charge in [0.2, 0.25) is 0 Å². The first-order chi connectivity index (χ1) is 7.92. The van der Waals surface area contributed by atoms with E-state index in [4.69, 9.17) is 10.6 Å². The zero-order valence-corrected chi connectivity index (χ0v) is 10.3. The second kappa shape index (κ2) is 5.53. The van der Waals surface area contributed by atoms with Crippen molar-refractivity contribution >= 4 is 0 Å². The molecule has 5 heteroatoms. The third-order valence-electron chi connectivity index (χ3n) is 3.04. The van der Waals surface area contributed by atoms with Gasteiger partial charge in [-0.25, -0.2) is 8.78 Å². The Hall–Kier alpha value is -1.04. The number of benzene rings is 1. The summed E-state index contributed by atoms with van der Waals surface area (Å²) in [6.07, 6.45) is 0.121. The SMILES string of the molecule is COC(C)(C)C(Cc1c(F)cccc1F)NN. The van der Waals surface area contributed by atoms with Gasteiger partial charge in [0.1, 0.15) is 11.6 Å². The number of hydrogen-bond donors (Lipinski definition) is 2. The van der Waals surface area contributed by atoms with E-state index < -0.39 is 17.2 Å². The second-order valence-electron chi connectivity index (χ2n) is 4.43. The fourth-order valence-corrected chi connectivity index (χ4v) is 1.58. The van der Waals surface area contributed by atoms with Crippen LogP contribution < -0.4 is 11.3 Å². The Bertz CT molecular complexity index is 363. The van der Waals surface area contributed by atoms with Gasteiger partial charge in [0, 0.05) is 12.7 Å². The quantitative estimate of drug-likeness (QED) is 0.613. The van der Waals surface area contributed by atoms with Crippen LogP contribution in [-0.4, -0.2) is 18.8 Å². The molecule has 0 amide bonds. The average Bonchev–Trinajstić information content (AvgIpc) is 2.28. The first-order valence-corrected chi connectivity index (χ1v) is 5.36. The van der Waals surface area contributed by atoms with Gasteiger partial charge in [-0.15, -0.1) is 0 Å². The zero-order valence-electron chi connectivity index (χ0n) is 10.3. The molecule has 1 rings (SSSR count). The molecule has 1 aromatic carbocycles. The van der Waals surface area contributed by atoms with Gasteiger partial charge in [-0.05, 0) is 32.4 Å². The number of nitrogens with one attached hydrogen (secondary N) is 1. The molecule has 0 bridgehead atoms. The van der Waals surface area contributed by atoms with Crippen LogP contribution in [0.2, 0.25) is 0 Å². The summed E-state index contributed by atoms with van der Waals surface area (Å²) >= 11 is 0. The zero-order chi connectivity index (χ0) is 13.1. The summed E-state index contributed by atoms with van der Waals surface area (Å²) in [7, 11) is 1.53. The first-order valence-electron chi connectivity index (χ1n) is 5.36. The standard InChI is InChI=1S/C12H18F2N2O/c1-12(2,17-3)11(16-15)7-8-9(13)5-4-6-10(8)14/h4-6,11,16H,7,15H2,1-3H3. The van der Waals surface area contributed by atoms with Crippen molar-refractivity contribution in [3.8, 4) is 0 Å². The van der Waals surface area contributed by atoms with E-state index in [-0.39, 0.29) is 18.0 Å². The highest BCUT2D eigenvalue weighted by molar-refractivity contribution is 5.21. The molecule has 96 valence electrons. The van der Waals surface area contributed by atoms with Crippen molar-refractivity contribution in [1.29, 1.82) is 0 Å². The minimum absolute atomic E-state index is 0.0144. The van der Waals surface area contributed by atoms with Gasteiger partial charge in [-0.3, -0.25) is 11.3 Å². The first kappa shape index (κ1) is 14.0. The lowest BCUT2D eigenvalue weighted by molar-refractivity contribution is -0.0104. The van der Waals surface area contributed by atoms with E-state index in [9.17, 15) is 8.78 Å². The largest absolute Gasteiger partial charge is 0.377 e.